The molecule has 1 aromatic rings. The number of carboxylic acid groups (broad SMARTS) is 1. The number of aliphatic hydroxyl groups is 1. The first-order valence-corrected chi connectivity index (χ1v) is 8.03. The quantitative estimate of drug-likeness (QED) is 0.766. The highest BCUT2D eigenvalue weighted by atomic mass is 32.2. The molecule has 0 saturated heterocycles. The topological polar surface area (TPSA) is 104 Å². The van der Waals surface area contributed by atoms with E-state index >= 15 is 0 Å². The van der Waals surface area contributed by atoms with Gasteiger partial charge in [-0.25, -0.2) is 17.9 Å². The number of thiophene rings is 1. The number of aromatic carboxylic acids is 1. The highest BCUT2D eigenvalue weighted by molar-refractivity contribution is 7.91. The molecule has 1 aromatic heterocycles. The standard InChI is InChI=1S/C11H15NO5S2/c1-11(2)7(4-8(11)13)12-19(16,17)9-3-6(5-18-9)10(14)15/h3,5,7-8,12-13H,4H2,1-2H3,(H,14,15). The van der Waals surface area contributed by atoms with Crippen LogP contribution in [0.3, 0.4) is 0 Å². The molecule has 0 bridgehead atoms. The largest absolute Gasteiger partial charge is 0.478 e. The van der Waals surface area contributed by atoms with Gasteiger partial charge in [-0.15, -0.1) is 11.3 Å². The Morgan fingerprint density at radius 3 is 2.58 bits per heavy atom. The van der Waals surface area contributed by atoms with E-state index in [1.54, 1.807) is 13.8 Å². The Morgan fingerprint density at radius 1 is 1.53 bits per heavy atom. The molecule has 1 saturated carbocycles. The maximum Gasteiger partial charge on any atom is 0.336 e. The summed E-state index contributed by atoms with van der Waals surface area (Å²) in [5.41, 5.74) is -0.557. The lowest BCUT2D eigenvalue weighted by atomic mass is 9.65. The van der Waals surface area contributed by atoms with Crippen LogP contribution in [-0.4, -0.2) is 36.7 Å². The Hall–Kier alpha value is -0.960. The van der Waals surface area contributed by atoms with Crippen LogP contribution in [0.15, 0.2) is 15.7 Å². The van der Waals surface area contributed by atoms with E-state index in [0.717, 1.165) is 17.4 Å². The summed E-state index contributed by atoms with van der Waals surface area (Å²) in [6, 6.07) is 0.792. The molecule has 3 N–H and O–H groups in total. The Balaban J connectivity index is 2.17. The van der Waals surface area contributed by atoms with Crippen LogP contribution in [0, 0.1) is 5.41 Å². The molecular weight excluding hydrogens is 290 g/mol. The molecule has 0 aromatic carbocycles. The van der Waals surface area contributed by atoms with E-state index < -0.39 is 27.5 Å². The van der Waals surface area contributed by atoms with Gasteiger partial charge in [0.25, 0.3) is 0 Å². The summed E-state index contributed by atoms with van der Waals surface area (Å²) in [6.07, 6.45) is -0.165. The molecule has 1 aliphatic rings. The monoisotopic (exact) mass is 305 g/mol. The van der Waals surface area contributed by atoms with Crippen LogP contribution in [-0.2, 0) is 10.0 Å². The second-order valence-electron chi connectivity index (χ2n) is 5.21. The van der Waals surface area contributed by atoms with E-state index in [4.69, 9.17) is 5.11 Å². The molecule has 0 radical (unpaired) electrons. The third-order valence-corrected chi connectivity index (χ3v) is 6.51. The molecular formula is C11H15NO5S2. The molecule has 2 atom stereocenters. The van der Waals surface area contributed by atoms with Gasteiger partial charge in [-0.1, -0.05) is 13.8 Å². The Kier molecular flexibility index (Phi) is 3.46. The number of hydrogen-bond acceptors (Lipinski definition) is 5. The van der Waals surface area contributed by atoms with E-state index in [-0.39, 0.29) is 15.8 Å². The number of carboxylic acids is 1. The first-order chi connectivity index (χ1) is 8.64. The summed E-state index contributed by atoms with van der Waals surface area (Å²) in [7, 11) is -3.73. The predicted molar refractivity (Wildman–Crippen MR) is 69.8 cm³/mol. The van der Waals surface area contributed by atoms with Crippen LogP contribution in [0.1, 0.15) is 30.6 Å². The van der Waals surface area contributed by atoms with Crippen molar-refractivity contribution in [3.8, 4) is 0 Å². The maximum absolute atomic E-state index is 12.1. The van der Waals surface area contributed by atoms with Crippen molar-refractivity contribution < 1.29 is 23.4 Å². The molecule has 2 rings (SSSR count). The summed E-state index contributed by atoms with van der Waals surface area (Å²) in [6.45, 7) is 3.57. The van der Waals surface area contributed by atoms with Crippen molar-refractivity contribution in [1.82, 2.24) is 4.72 Å². The molecule has 8 heteroatoms. The minimum atomic E-state index is -3.73. The van der Waals surface area contributed by atoms with Crippen LogP contribution in [0.25, 0.3) is 0 Å². The van der Waals surface area contributed by atoms with E-state index in [2.05, 4.69) is 4.72 Å². The van der Waals surface area contributed by atoms with Gasteiger partial charge in [-0.05, 0) is 12.5 Å². The Bertz CT molecular complexity index is 604. The minimum Gasteiger partial charge on any atom is -0.478 e. The summed E-state index contributed by atoms with van der Waals surface area (Å²) in [4.78, 5) is 10.7. The third-order valence-electron chi connectivity index (χ3n) is 3.60. The van der Waals surface area contributed by atoms with Gasteiger partial charge in [0.05, 0.1) is 11.7 Å². The first kappa shape index (κ1) is 14.4. The molecule has 1 fully saturated rings. The Morgan fingerprint density at radius 2 is 2.16 bits per heavy atom. The lowest BCUT2D eigenvalue weighted by Gasteiger charge is -2.49. The molecule has 2 unspecified atom stereocenters. The molecule has 1 heterocycles. The normalized spacial score (nSPS) is 25.8. The van der Waals surface area contributed by atoms with Crippen molar-refractivity contribution in [2.75, 3.05) is 0 Å². The fraction of sp³-hybridized carbons (Fsp3) is 0.545. The van der Waals surface area contributed by atoms with E-state index in [1.807, 2.05) is 0 Å². The van der Waals surface area contributed by atoms with Gasteiger partial charge >= 0.3 is 5.97 Å². The second-order valence-corrected chi connectivity index (χ2v) is 8.06. The lowest BCUT2D eigenvalue weighted by Crippen LogP contribution is -2.60. The molecule has 106 valence electrons. The summed E-state index contributed by atoms with van der Waals surface area (Å²) in [5.74, 6) is -1.16. The number of sulfonamides is 1. The average Bonchev–Trinajstić information content (AvgIpc) is 2.78. The van der Waals surface area contributed by atoms with Crippen molar-refractivity contribution >= 4 is 27.3 Å². The third kappa shape index (κ3) is 2.53. The van der Waals surface area contributed by atoms with Gasteiger partial charge in [-0.2, -0.15) is 0 Å². The second kappa shape index (κ2) is 4.55. The van der Waals surface area contributed by atoms with Crippen molar-refractivity contribution in [3.05, 3.63) is 17.0 Å². The number of hydrogen-bond donors (Lipinski definition) is 3. The molecule has 0 amide bonds. The highest BCUT2D eigenvalue weighted by Crippen LogP contribution is 2.41. The van der Waals surface area contributed by atoms with E-state index in [0.29, 0.717) is 6.42 Å². The average molecular weight is 305 g/mol. The van der Waals surface area contributed by atoms with Crippen molar-refractivity contribution in [2.24, 2.45) is 5.41 Å². The molecule has 1 aliphatic carbocycles. The SMILES string of the molecule is CC1(C)C(O)CC1NS(=O)(=O)c1cc(C(=O)O)cs1. The van der Waals surface area contributed by atoms with Gasteiger partial charge < -0.3 is 10.2 Å². The fourth-order valence-corrected chi connectivity index (χ4v) is 4.49. The van der Waals surface area contributed by atoms with Crippen molar-refractivity contribution in [3.63, 3.8) is 0 Å². The predicted octanol–water partition coefficient (Wildman–Crippen LogP) is 0.884. The maximum atomic E-state index is 12.1. The minimum absolute atomic E-state index is 0.0258. The number of nitrogens with one attached hydrogen (secondary N) is 1. The van der Waals surface area contributed by atoms with Crippen molar-refractivity contribution in [1.29, 1.82) is 0 Å². The highest BCUT2D eigenvalue weighted by Gasteiger charge is 2.49. The van der Waals surface area contributed by atoms with Crippen LogP contribution >= 0.6 is 11.3 Å². The molecule has 19 heavy (non-hydrogen) atoms. The summed E-state index contributed by atoms with van der Waals surface area (Å²) >= 11 is 0.869. The number of carbonyl (C=O) groups is 1. The van der Waals surface area contributed by atoms with Gasteiger partial charge in [-0.3, -0.25) is 0 Å². The smallest absolute Gasteiger partial charge is 0.336 e. The van der Waals surface area contributed by atoms with Crippen molar-refractivity contribution in [2.45, 2.75) is 36.6 Å². The van der Waals surface area contributed by atoms with Crippen LogP contribution in [0.5, 0.6) is 0 Å². The van der Waals surface area contributed by atoms with Gasteiger partial charge in [0.2, 0.25) is 10.0 Å². The zero-order valence-electron chi connectivity index (χ0n) is 10.5. The lowest BCUT2D eigenvalue weighted by molar-refractivity contribution is -0.0645. The van der Waals surface area contributed by atoms with Gasteiger partial charge in [0.1, 0.15) is 4.21 Å². The van der Waals surface area contributed by atoms with Crippen LogP contribution in [0.2, 0.25) is 0 Å². The number of rotatable bonds is 4. The van der Waals surface area contributed by atoms with Gasteiger partial charge in [0, 0.05) is 16.8 Å². The summed E-state index contributed by atoms with van der Waals surface area (Å²) in [5, 5.41) is 19.6. The van der Waals surface area contributed by atoms with Crippen LogP contribution < -0.4 is 4.72 Å². The van der Waals surface area contributed by atoms with E-state index in [9.17, 15) is 18.3 Å². The zero-order chi connectivity index (χ0) is 14.4. The Labute approximate surface area is 115 Å². The van der Waals surface area contributed by atoms with Crippen LogP contribution in [0.4, 0.5) is 0 Å². The first-order valence-electron chi connectivity index (χ1n) is 5.67. The fourth-order valence-electron chi connectivity index (χ4n) is 1.92. The van der Waals surface area contributed by atoms with E-state index in [1.165, 1.54) is 5.38 Å². The van der Waals surface area contributed by atoms with Gasteiger partial charge in [0.15, 0.2) is 0 Å². The zero-order valence-corrected chi connectivity index (χ0v) is 12.1. The summed E-state index contributed by atoms with van der Waals surface area (Å²) < 4.78 is 26.7. The molecule has 0 spiro atoms. The molecule has 0 aliphatic heterocycles. The number of aliphatic hydroxyl groups excluding tert-OH is 1. The molecule has 6 nitrogen and oxygen atoms in total.